The molecule has 1 N–H and O–H groups in total. The summed E-state index contributed by atoms with van der Waals surface area (Å²) in [6.07, 6.45) is -1.90. The number of nitrogens with zero attached hydrogens (tertiary/aromatic N) is 1. The van der Waals surface area contributed by atoms with Crippen LogP contribution in [-0.4, -0.2) is 49.1 Å². The highest BCUT2D eigenvalue weighted by molar-refractivity contribution is 6.03. The second kappa shape index (κ2) is 4.44. The van der Waals surface area contributed by atoms with Crippen LogP contribution >= 0.6 is 0 Å². The Balaban J connectivity index is 1.65. The van der Waals surface area contributed by atoms with Crippen molar-refractivity contribution in [2.24, 2.45) is 11.1 Å². The smallest absolute Gasteiger partial charge is 0.187 e. The molecule has 0 aromatic heterocycles. The third-order valence-electron chi connectivity index (χ3n) is 4.08. The lowest BCUT2D eigenvalue weighted by molar-refractivity contribution is -0.207. The average molecular weight is 277 g/mol. The molecule has 2 bridgehead atoms. The van der Waals surface area contributed by atoms with Crippen LogP contribution < -0.4 is 4.74 Å². The molecule has 0 saturated carbocycles. The van der Waals surface area contributed by atoms with Gasteiger partial charge in [-0.05, 0) is 24.3 Å². The van der Waals surface area contributed by atoms with E-state index in [1.165, 1.54) is 0 Å². The Bertz CT molecular complexity index is 543. The first-order valence-corrected chi connectivity index (χ1v) is 6.61. The molecule has 4 rings (SSSR count). The van der Waals surface area contributed by atoms with E-state index < -0.39 is 18.5 Å². The molecule has 20 heavy (non-hydrogen) atoms. The van der Waals surface area contributed by atoms with E-state index in [9.17, 15) is 5.11 Å². The maximum Gasteiger partial charge on any atom is 0.187 e. The van der Waals surface area contributed by atoms with Gasteiger partial charge in [-0.1, -0.05) is 5.16 Å². The number of ether oxygens (including phenoxy) is 3. The van der Waals surface area contributed by atoms with Crippen LogP contribution in [0.5, 0.6) is 5.75 Å². The van der Waals surface area contributed by atoms with Gasteiger partial charge in [0.25, 0.3) is 0 Å². The van der Waals surface area contributed by atoms with Crippen LogP contribution in [0.3, 0.4) is 0 Å². The molecule has 0 unspecified atom stereocenters. The quantitative estimate of drug-likeness (QED) is 0.854. The molecule has 3 aliphatic rings. The van der Waals surface area contributed by atoms with Crippen LogP contribution in [0.2, 0.25) is 0 Å². The number of oxime groups is 1. The van der Waals surface area contributed by atoms with Crippen LogP contribution in [0.25, 0.3) is 0 Å². The summed E-state index contributed by atoms with van der Waals surface area (Å²) in [5.41, 5.74) is 1.74. The van der Waals surface area contributed by atoms with Gasteiger partial charge in [0.1, 0.15) is 11.9 Å². The van der Waals surface area contributed by atoms with Gasteiger partial charge in [0, 0.05) is 5.56 Å². The summed E-state index contributed by atoms with van der Waals surface area (Å²) in [5, 5.41) is 14.3. The van der Waals surface area contributed by atoms with E-state index in [1.54, 1.807) is 7.11 Å². The topological polar surface area (TPSA) is 69.5 Å². The fourth-order valence-corrected chi connectivity index (χ4v) is 3.03. The maximum atomic E-state index is 10.1. The Morgan fingerprint density at radius 2 is 2.10 bits per heavy atom. The summed E-state index contributed by atoms with van der Waals surface area (Å²) in [7, 11) is 1.63. The fraction of sp³-hybridized carbons (Fsp3) is 0.500. The second-order valence-electron chi connectivity index (χ2n) is 5.17. The molecular formula is C14H15NO5. The number of hydrogen-bond acceptors (Lipinski definition) is 6. The van der Waals surface area contributed by atoms with Gasteiger partial charge in [-0.25, -0.2) is 0 Å². The molecule has 3 aliphatic heterocycles. The summed E-state index contributed by atoms with van der Waals surface area (Å²) in [5.74, 6) is 0.686. The highest BCUT2D eigenvalue weighted by Crippen LogP contribution is 2.39. The van der Waals surface area contributed by atoms with Gasteiger partial charge < -0.3 is 24.2 Å². The highest BCUT2D eigenvalue weighted by Gasteiger charge is 2.56. The lowest BCUT2D eigenvalue weighted by Crippen LogP contribution is -2.51. The minimum absolute atomic E-state index is 0.0999. The fourth-order valence-electron chi connectivity index (χ4n) is 3.03. The number of hydrogen-bond donors (Lipinski definition) is 1. The van der Waals surface area contributed by atoms with Gasteiger partial charge in [-0.2, -0.15) is 0 Å². The molecule has 0 amide bonds. The molecule has 6 nitrogen and oxygen atoms in total. The zero-order valence-corrected chi connectivity index (χ0v) is 10.9. The first-order valence-electron chi connectivity index (χ1n) is 6.61. The number of aliphatic hydroxyl groups is 1. The largest absolute Gasteiger partial charge is 0.497 e. The molecule has 0 radical (unpaired) electrons. The minimum Gasteiger partial charge on any atom is -0.497 e. The van der Waals surface area contributed by atoms with E-state index in [2.05, 4.69) is 5.16 Å². The predicted octanol–water partition coefficient (Wildman–Crippen LogP) is 0.530. The van der Waals surface area contributed by atoms with E-state index in [-0.39, 0.29) is 12.0 Å². The molecule has 6 heteroatoms. The summed E-state index contributed by atoms with van der Waals surface area (Å²) in [6, 6.07) is 7.61. The second-order valence-corrected chi connectivity index (χ2v) is 5.17. The molecule has 1 aromatic rings. The Labute approximate surface area is 115 Å². The van der Waals surface area contributed by atoms with Crippen LogP contribution in [0.4, 0.5) is 0 Å². The van der Waals surface area contributed by atoms with E-state index in [1.807, 2.05) is 24.3 Å². The van der Waals surface area contributed by atoms with Crippen LogP contribution in [0, 0.1) is 5.92 Å². The monoisotopic (exact) mass is 277 g/mol. The number of aliphatic hydroxyl groups excluding tert-OH is 1. The molecule has 5 atom stereocenters. The van der Waals surface area contributed by atoms with Gasteiger partial charge in [-0.3, -0.25) is 0 Å². The van der Waals surface area contributed by atoms with Crippen molar-refractivity contribution in [3.05, 3.63) is 29.8 Å². The van der Waals surface area contributed by atoms with Gasteiger partial charge >= 0.3 is 0 Å². The Hall–Kier alpha value is -1.63. The molecule has 106 valence electrons. The third-order valence-corrected chi connectivity index (χ3v) is 4.08. The zero-order valence-electron chi connectivity index (χ0n) is 10.9. The highest BCUT2D eigenvalue weighted by atomic mass is 16.7. The van der Waals surface area contributed by atoms with Crippen molar-refractivity contribution in [1.82, 2.24) is 0 Å². The van der Waals surface area contributed by atoms with Crippen LogP contribution in [-0.2, 0) is 14.3 Å². The summed E-state index contributed by atoms with van der Waals surface area (Å²) in [6.45, 7) is 0.460. The van der Waals surface area contributed by atoms with Crippen molar-refractivity contribution in [2.45, 2.75) is 24.6 Å². The number of fused-ring (bicyclic) bond motifs is 4. The molecule has 1 aromatic carbocycles. The zero-order chi connectivity index (χ0) is 13.7. The normalized spacial score (nSPS) is 38.1. The minimum atomic E-state index is -0.807. The van der Waals surface area contributed by atoms with Crippen LogP contribution in [0.15, 0.2) is 29.4 Å². The van der Waals surface area contributed by atoms with Crippen molar-refractivity contribution < 1.29 is 24.2 Å². The first-order chi connectivity index (χ1) is 9.78. The molecule has 0 aliphatic carbocycles. The lowest BCUT2D eigenvalue weighted by atomic mass is 9.84. The SMILES string of the molecule is COc1ccc(C2=NO[C@@H]3[C@@H](O)[C@@H]4OC[C@@H](O4)[C@@H]23)cc1. The van der Waals surface area contributed by atoms with Crippen molar-refractivity contribution in [2.75, 3.05) is 13.7 Å². The summed E-state index contributed by atoms with van der Waals surface area (Å²) < 4.78 is 16.2. The molecular weight excluding hydrogens is 262 g/mol. The summed E-state index contributed by atoms with van der Waals surface area (Å²) in [4.78, 5) is 5.42. The molecule has 0 spiro atoms. The van der Waals surface area contributed by atoms with Gasteiger partial charge in [0.2, 0.25) is 0 Å². The van der Waals surface area contributed by atoms with Gasteiger partial charge in [0.15, 0.2) is 12.4 Å². The van der Waals surface area contributed by atoms with Gasteiger partial charge in [-0.15, -0.1) is 0 Å². The van der Waals surface area contributed by atoms with E-state index in [0.717, 1.165) is 17.0 Å². The van der Waals surface area contributed by atoms with E-state index in [0.29, 0.717) is 6.61 Å². The maximum absolute atomic E-state index is 10.1. The Morgan fingerprint density at radius 1 is 1.30 bits per heavy atom. The van der Waals surface area contributed by atoms with E-state index in [4.69, 9.17) is 19.0 Å². The molecule has 2 saturated heterocycles. The first kappa shape index (κ1) is 12.1. The van der Waals surface area contributed by atoms with Crippen LogP contribution in [0.1, 0.15) is 5.56 Å². The Morgan fingerprint density at radius 3 is 2.85 bits per heavy atom. The summed E-state index contributed by atoms with van der Waals surface area (Å²) >= 11 is 0. The number of methoxy groups -OCH3 is 1. The predicted molar refractivity (Wildman–Crippen MR) is 68.5 cm³/mol. The molecule has 3 heterocycles. The molecule has 2 fully saturated rings. The average Bonchev–Trinajstić information content (AvgIpc) is 3.11. The lowest BCUT2D eigenvalue weighted by Gasteiger charge is -2.32. The van der Waals surface area contributed by atoms with Gasteiger partial charge in [0.05, 0.1) is 31.5 Å². The van der Waals surface area contributed by atoms with Crippen molar-refractivity contribution in [3.8, 4) is 5.75 Å². The number of rotatable bonds is 2. The Kier molecular flexibility index (Phi) is 2.70. The standard InChI is InChI=1S/C14H15NO5/c1-17-8-4-2-7(3-5-8)11-10-9-6-18-14(19-9)12(16)13(10)20-15-11/h2-5,9-10,12-14,16H,6H2,1H3/t9-,10+,12-,13+,14-/m1/s1. The number of benzene rings is 1. The van der Waals surface area contributed by atoms with Crippen molar-refractivity contribution >= 4 is 5.71 Å². The van der Waals surface area contributed by atoms with Crippen molar-refractivity contribution in [1.29, 1.82) is 0 Å². The van der Waals surface area contributed by atoms with E-state index >= 15 is 0 Å². The third kappa shape index (κ3) is 1.65. The van der Waals surface area contributed by atoms with Crippen molar-refractivity contribution in [3.63, 3.8) is 0 Å².